The number of aliphatic carboxylic acids is 1. The number of carbonyl (C=O) groups is 4. The average Bonchev–Trinajstić information content (AvgIpc) is 3.44. The molecule has 2 fully saturated rings. The number of allylic oxidation sites excluding steroid dienone is 2. The number of carbonyl (C=O) groups excluding carboxylic acids is 3. The van der Waals surface area contributed by atoms with E-state index in [4.69, 9.17) is 8.92 Å². The molecule has 236 valence electrons. The van der Waals surface area contributed by atoms with E-state index in [1.165, 1.54) is 17.0 Å². The summed E-state index contributed by atoms with van der Waals surface area (Å²) in [5, 5.41) is 12.7. The Bertz CT molecular complexity index is 1370. The van der Waals surface area contributed by atoms with Crippen molar-refractivity contribution in [2.45, 2.75) is 101 Å². The van der Waals surface area contributed by atoms with Gasteiger partial charge in [-0.3, -0.25) is 18.6 Å². The predicted octanol–water partition coefficient (Wildman–Crippen LogP) is 4.59. The highest BCUT2D eigenvalue weighted by Crippen LogP contribution is 2.57. The maximum atomic E-state index is 14.0. The Hall–Kier alpha value is -2.77. The molecule has 3 aliphatic rings. The zero-order chi connectivity index (χ0) is 31.6. The lowest BCUT2D eigenvalue weighted by atomic mass is 9.92. The molecule has 0 spiro atoms. The minimum Gasteiger partial charge on any atom is -0.481 e. The van der Waals surface area contributed by atoms with Crippen molar-refractivity contribution in [1.82, 2.24) is 10.2 Å². The molecule has 0 aromatic heterocycles. The normalized spacial score (nSPS) is 29.4. The van der Waals surface area contributed by atoms with Crippen LogP contribution in [0, 0.1) is 11.3 Å². The first-order chi connectivity index (χ1) is 20.1. The fourth-order valence-electron chi connectivity index (χ4n) is 5.75. The summed E-state index contributed by atoms with van der Waals surface area (Å²) in [6.07, 6.45) is 5.04. The van der Waals surface area contributed by atoms with Crippen LogP contribution < -0.4 is 5.32 Å². The topological polar surface area (TPSA) is 156 Å². The highest BCUT2D eigenvalue weighted by molar-refractivity contribution is 9.10. The Morgan fingerprint density at radius 3 is 2.47 bits per heavy atom. The quantitative estimate of drug-likeness (QED) is 0.335. The second-order valence-corrected chi connectivity index (χ2v) is 15.0. The second kappa shape index (κ2) is 13.1. The summed E-state index contributed by atoms with van der Waals surface area (Å²) in [5.41, 5.74) is -2.07. The molecule has 1 aromatic carbocycles. The Labute approximate surface area is 260 Å². The van der Waals surface area contributed by atoms with Gasteiger partial charge in [0.15, 0.2) is 5.78 Å². The molecule has 5 atom stereocenters. The van der Waals surface area contributed by atoms with Crippen LogP contribution >= 0.6 is 15.9 Å². The van der Waals surface area contributed by atoms with E-state index in [9.17, 15) is 32.7 Å². The van der Waals surface area contributed by atoms with Crippen molar-refractivity contribution < 1.29 is 41.6 Å². The second-order valence-electron chi connectivity index (χ2n) is 12.5. The fourth-order valence-corrected chi connectivity index (χ4v) is 7.09. The number of carboxylic acids is 1. The van der Waals surface area contributed by atoms with Gasteiger partial charge in [-0.25, -0.2) is 4.79 Å². The molecule has 0 unspecified atom stereocenters. The van der Waals surface area contributed by atoms with E-state index < -0.39 is 63.1 Å². The molecule has 2 aliphatic heterocycles. The van der Waals surface area contributed by atoms with Crippen LogP contribution in [0.1, 0.15) is 72.1 Å². The number of alkyl carbamates (subject to hydrolysis) is 1. The van der Waals surface area contributed by atoms with Gasteiger partial charge in [0, 0.05) is 23.9 Å². The third-order valence-corrected chi connectivity index (χ3v) is 9.96. The number of hydrogen-bond donors (Lipinski definition) is 2. The molecule has 13 heteroatoms. The van der Waals surface area contributed by atoms with Gasteiger partial charge in [0.05, 0.1) is 22.5 Å². The fraction of sp³-hybridized carbons (Fsp3) is 0.600. The lowest BCUT2D eigenvalue weighted by molar-refractivity contribution is -0.147. The first-order valence-electron chi connectivity index (χ1n) is 14.5. The van der Waals surface area contributed by atoms with Gasteiger partial charge < -0.3 is 20.1 Å². The maximum absolute atomic E-state index is 14.0. The highest BCUT2D eigenvalue weighted by Gasteiger charge is 2.61. The van der Waals surface area contributed by atoms with E-state index in [0.717, 1.165) is 19.3 Å². The minimum atomic E-state index is -4.24. The van der Waals surface area contributed by atoms with E-state index in [1.54, 1.807) is 32.9 Å². The van der Waals surface area contributed by atoms with Gasteiger partial charge in [0.2, 0.25) is 5.91 Å². The van der Waals surface area contributed by atoms with E-state index in [1.807, 2.05) is 12.2 Å². The largest absolute Gasteiger partial charge is 0.481 e. The molecule has 1 saturated heterocycles. The van der Waals surface area contributed by atoms with Gasteiger partial charge in [-0.15, -0.1) is 0 Å². The third-order valence-electron chi connectivity index (χ3n) is 8.05. The van der Waals surface area contributed by atoms with Crippen LogP contribution in [0.5, 0.6) is 0 Å². The van der Waals surface area contributed by atoms with Crippen molar-refractivity contribution in [2.24, 2.45) is 11.3 Å². The lowest BCUT2D eigenvalue weighted by Crippen LogP contribution is -2.52. The van der Waals surface area contributed by atoms with Crippen LogP contribution in [0.25, 0.3) is 0 Å². The molecule has 4 rings (SSSR count). The van der Waals surface area contributed by atoms with Gasteiger partial charge in [0.25, 0.3) is 10.1 Å². The summed E-state index contributed by atoms with van der Waals surface area (Å²) in [6.45, 7) is 4.88. The zero-order valence-corrected chi connectivity index (χ0v) is 27.0. The van der Waals surface area contributed by atoms with Crippen molar-refractivity contribution in [1.29, 1.82) is 0 Å². The van der Waals surface area contributed by atoms with Crippen LogP contribution in [0.15, 0.2) is 45.8 Å². The molecule has 1 aliphatic carbocycles. The first-order valence-corrected chi connectivity index (χ1v) is 16.7. The molecule has 0 radical (unpaired) electrons. The Balaban J connectivity index is 1.63. The van der Waals surface area contributed by atoms with Crippen molar-refractivity contribution in [2.75, 3.05) is 6.54 Å². The van der Waals surface area contributed by atoms with E-state index in [2.05, 4.69) is 21.2 Å². The number of benzene rings is 1. The number of nitrogens with one attached hydrogen (secondary N) is 1. The predicted molar refractivity (Wildman–Crippen MR) is 160 cm³/mol. The Morgan fingerprint density at radius 1 is 1.12 bits per heavy atom. The molecule has 1 aromatic rings. The van der Waals surface area contributed by atoms with Gasteiger partial charge in [-0.1, -0.05) is 40.9 Å². The third kappa shape index (κ3) is 8.24. The first kappa shape index (κ1) is 33.1. The van der Waals surface area contributed by atoms with Gasteiger partial charge >= 0.3 is 12.1 Å². The van der Waals surface area contributed by atoms with Crippen LogP contribution in [0.4, 0.5) is 4.79 Å². The van der Waals surface area contributed by atoms with E-state index in [0.29, 0.717) is 17.3 Å². The summed E-state index contributed by atoms with van der Waals surface area (Å²) in [4.78, 5) is 53.9. The Morgan fingerprint density at radius 2 is 1.81 bits per heavy atom. The molecule has 2 N–H and O–H groups in total. The van der Waals surface area contributed by atoms with Crippen LogP contribution in [-0.2, 0) is 33.4 Å². The molecule has 43 heavy (non-hydrogen) atoms. The minimum absolute atomic E-state index is 0.0836. The van der Waals surface area contributed by atoms with Gasteiger partial charge in [-0.2, -0.15) is 8.42 Å². The lowest BCUT2D eigenvalue weighted by Gasteiger charge is -2.30. The van der Waals surface area contributed by atoms with E-state index in [-0.39, 0.29) is 36.6 Å². The van der Waals surface area contributed by atoms with Crippen LogP contribution in [0.2, 0.25) is 0 Å². The summed E-state index contributed by atoms with van der Waals surface area (Å²) in [6, 6.07) is 3.72. The molecule has 11 nitrogen and oxygen atoms in total. The van der Waals surface area contributed by atoms with Crippen molar-refractivity contribution in [3.8, 4) is 0 Å². The van der Waals surface area contributed by atoms with Gasteiger partial charge in [-0.05, 0) is 76.6 Å². The smallest absolute Gasteiger partial charge is 0.408 e. The number of amides is 2. The molecule has 0 bridgehead atoms. The molecule has 2 heterocycles. The highest BCUT2D eigenvalue weighted by atomic mass is 79.9. The average molecular weight is 684 g/mol. The number of Topliss-reactive ketones (excluding diaryl/α,β-unsaturated/α-hetero) is 1. The number of fused-ring (bicyclic) bond motifs is 2. The van der Waals surface area contributed by atoms with Crippen molar-refractivity contribution in [3.63, 3.8) is 0 Å². The monoisotopic (exact) mass is 682 g/mol. The van der Waals surface area contributed by atoms with Gasteiger partial charge in [0.1, 0.15) is 11.6 Å². The summed E-state index contributed by atoms with van der Waals surface area (Å²) in [7, 11) is -4.24. The van der Waals surface area contributed by atoms with Crippen LogP contribution in [0.3, 0.4) is 0 Å². The molecule has 1 saturated carbocycles. The number of hydrogen-bond acceptors (Lipinski definition) is 8. The molecule has 2 amide bonds. The molecular formula is C30H39BrN2O9S. The standard InChI is InChI=1S/C30H39BrN2O9S/c1-29(2,3)41-28(38)32-23-10-8-6-4-5-7-9-19-16-30(19,27(36)37)17-25(34)24-15-21(18-33(24)26(23)35)42-43(39,40)22-13-11-20(31)12-14-22/h7,9,11-14,19,21,23-24H,4-6,8,10,15-18H2,1-3H3,(H,32,38)(H,36,37)/b9-7-/t19-,21-,23-,24-,30+/m0/s1. The summed E-state index contributed by atoms with van der Waals surface area (Å²) >= 11 is 3.27. The molecular weight excluding hydrogens is 644 g/mol. The number of nitrogens with zero attached hydrogens (tertiary/aromatic N) is 1. The SMILES string of the molecule is CC(C)(C)OC(=O)N[C@H]1CCCCC/C=C\[C@H]2C[C@@]2(C(=O)O)CC(=O)[C@@H]2C[C@H](OS(=O)(=O)c3ccc(Br)cc3)CN2C1=O. The number of halogens is 1. The number of carboxylic acid groups (broad SMARTS) is 1. The van der Waals surface area contributed by atoms with Crippen molar-refractivity contribution in [3.05, 3.63) is 40.9 Å². The zero-order valence-electron chi connectivity index (χ0n) is 24.6. The summed E-state index contributed by atoms with van der Waals surface area (Å²) < 4.78 is 37.7. The number of ether oxygens (including phenoxy) is 1. The number of rotatable bonds is 5. The van der Waals surface area contributed by atoms with E-state index >= 15 is 0 Å². The van der Waals surface area contributed by atoms with Crippen LogP contribution in [-0.4, -0.2) is 72.5 Å². The summed E-state index contributed by atoms with van der Waals surface area (Å²) in [5.74, 6) is -2.42. The van der Waals surface area contributed by atoms with Crippen molar-refractivity contribution >= 4 is 49.8 Å². The number of ketones is 1. The Kier molecular flexibility index (Phi) is 10.1. The maximum Gasteiger partial charge on any atom is 0.408 e.